The van der Waals surface area contributed by atoms with Gasteiger partial charge in [-0.15, -0.1) is 0 Å². The van der Waals surface area contributed by atoms with E-state index >= 15 is 0 Å². The van der Waals surface area contributed by atoms with Crippen LogP contribution in [0.4, 0.5) is 5.69 Å². The van der Waals surface area contributed by atoms with Crippen LogP contribution in [0.3, 0.4) is 0 Å². The van der Waals surface area contributed by atoms with Gasteiger partial charge in [-0.25, -0.2) is 0 Å². The second-order valence-electron chi connectivity index (χ2n) is 7.42. The lowest BCUT2D eigenvalue weighted by Crippen LogP contribution is -2.13. The van der Waals surface area contributed by atoms with E-state index in [-0.39, 0.29) is 5.91 Å². The number of nitrogens with two attached hydrogens (primary N) is 1. The molecule has 1 aliphatic carbocycles. The first-order valence-electron chi connectivity index (χ1n) is 10.2. The minimum absolute atomic E-state index is 0.0181. The fourth-order valence-electron chi connectivity index (χ4n) is 3.92. The predicted molar refractivity (Wildman–Crippen MR) is 121 cm³/mol. The maximum Gasteiger partial charge on any atom is 0.224 e. The fraction of sp³-hybridized carbons (Fsp3) is 0.192. The van der Waals surface area contributed by atoms with Crippen molar-refractivity contribution in [3.63, 3.8) is 0 Å². The maximum atomic E-state index is 12.4. The summed E-state index contributed by atoms with van der Waals surface area (Å²) in [5, 5.41) is 3.01. The van der Waals surface area contributed by atoms with Crippen molar-refractivity contribution in [2.45, 2.75) is 32.2 Å². The van der Waals surface area contributed by atoms with E-state index in [1.165, 1.54) is 22.3 Å². The number of hydrogen-bond acceptors (Lipinski definition) is 2. The first-order chi connectivity index (χ1) is 14.2. The molecule has 3 heteroatoms. The molecule has 1 amide bonds. The molecule has 4 rings (SSSR count). The normalized spacial score (nSPS) is 12.4. The summed E-state index contributed by atoms with van der Waals surface area (Å²) in [6.07, 6.45) is 7.81. The molecule has 3 aromatic rings. The molecule has 0 radical (unpaired) electrons. The van der Waals surface area contributed by atoms with Crippen molar-refractivity contribution in [3.8, 4) is 11.1 Å². The lowest BCUT2D eigenvalue weighted by Gasteiger charge is -2.15. The summed E-state index contributed by atoms with van der Waals surface area (Å²) in [5.74, 6) is 0.0181. The van der Waals surface area contributed by atoms with Crippen LogP contribution in [0.1, 0.15) is 35.1 Å². The zero-order valence-electron chi connectivity index (χ0n) is 16.5. The number of nitrogens with one attached hydrogen (secondary N) is 1. The average molecular weight is 383 g/mol. The highest BCUT2D eigenvalue weighted by Crippen LogP contribution is 2.31. The third kappa shape index (κ3) is 4.47. The molecule has 0 aromatic heterocycles. The van der Waals surface area contributed by atoms with Gasteiger partial charge in [0.25, 0.3) is 0 Å². The number of allylic oxidation sites excluding steroid dienone is 1. The topological polar surface area (TPSA) is 55.1 Å². The summed E-state index contributed by atoms with van der Waals surface area (Å²) in [4.78, 5) is 12.4. The van der Waals surface area contributed by atoms with E-state index in [0.29, 0.717) is 19.4 Å². The van der Waals surface area contributed by atoms with Crippen LogP contribution in [0, 0.1) is 0 Å². The SMILES string of the molecule is NCc1ccccc1CCC(=O)Nc1ccc(-c2cccc3c2C=CCC3)cc1. The molecule has 0 bridgehead atoms. The molecule has 29 heavy (non-hydrogen) atoms. The molecular weight excluding hydrogens is 356 g/mol. The first kappa shape index (κ1) is 19.2. The van der Waals surface area contributed by atoms with Gasteiger partial charge in [0.2, 0.25) is 5.91 Å². The van der Waals surface area contributed by atoms with Crippen LogP contribution in [-0.4, -0.2) is 5.91 Å². The van der Waals surface area contributed by atoms with Gasteiger partial charge in [-0.05, 0) is 64.8 Å². The van der Waals surface area contributed by atoms with E-state index in [4.69, 9.17) is 5.73 Å². The van der Waals surface area contributed by atoms with Crippen molar-refractivity contribution >= 4 is 17.7 Å². The Labute approximate surface area is 172 Å². The quantitative estimate of drug-likeness (QED) is 0.604. The molecule has 3 N–H and O–H groups in total. The van der Waals surface area contributed by atoms with Crippen LogP contribution >= 0.6 is 0 Å². The van der Waals surface area contributed by atoms with Gasteiger partial charge in [-0.2, -0.15) is 0 Å². The van der Waals surface area contributed by atoms with Crippen molar-refractivity contribution in [1.29, 1.82) is 0 Å². The van der Waals surface area contributed by atoms with Crippen LogP contribution in [0.15, 0.2) is 72.8 Å². The zero-order chi connectivity index (χ0) is 20.1. The van der Waals surface area contributed by atoms with Gasteiger partial charge in [-0.3, -0.25) is 4.79 Å². The Morgan fingerprint density at radius 1 is 0.931 bits per heavy atom. The van der Waals surface area contributed by atoms with E-state index < -0.39 is 0 Å². The van der Waals surface area contributed by atoms with Gasteiger partial charge >= 0.3 is 0 Å². The van der Waals surface area contributed by atoms with Gasteiger partial charge in [0.05, 0.1) is 0 Å². The summed E-state index contributed by atoms with van der Waals surface area (Å²) in [6, 6.07) is 22.6. The van der Waals surface area contributed by atoms with E-state index in [1.54, 1.807) is 0 Å². The Morgan fingerprint density at radius 2 is 1.72 bits per heavy atom. The minimum Gasteiger partial charge on any atom is -0.326 e. The second kappa shape index (κ2) is 8.89. The van der Waals surface area contributed by atoms with Gasteiger partial charge in [0.15, 0.2) is 0 Å². The Morgan fingerprint density at radius 3 is 2.52 bits per heavy atom. The number of anilines is 1. The minimum atomic E-state index is 0.0181. The summed E-state index contributed by atoms with van der Waals surface area (Å²) in [6.45, 7) is 0.498. The van der Waals surface area contributed by atoms with Crippen LogP contribution < -0.4 is 11.1 Å². The summed E-state index contributed by atoms with van der Waals surface area (Å²) >= 11 is 0. The maximum absolute atomic E-state index is 12.4. The molecule has 1 aliphatic rings. The van der Waals surface area contributed by atoms with E-state index in [2.05, 4.69) is 47.8 Å². The monoisotopic (exact) mass is 382 g/mol. The molecule has 3 aromatic carbocycles. The van der Waals surface area contributed by atoms with Gasteiger partial charge in [-0.1, -0.05) is 66.7 Å². The lowest BCUT2D eigenvalue weighted by molar-refractivity contribution is -0.116. The summed E-state index contributed by atoms with van der Waals surface area (Å²) in [5.41, 5.74) is 14.0. The Bertz CT molecular complexity index is 1030. The van der Waals surface area contributed by atoms with Crippen LogP contribution in [0.25, 0.3) is 17.2 Å². The second-order valence-corrected chi connectivity index (χ2v) is 7.42. The van der Waals surface area contributed by atoms with Crippen LogP contribution in [0.2, 0.25) is 0 Å². The summed E-state index contributed by atoms with van der Waals surface area (Å²) in [7, 11) is 0. The number of aryl methyl sites for hydroxylation is 2. The van der Waals surface area contributed by atoms with Crippen LogP contribution in [-0.2, 0) is 24.2 Å². The molecule has 0 saturated carbocycles. The smallest absolute Gasteiger partial charge is 0.224 e. The highest BCUT2D eigenvalue weighted by Gasteiger charge is 2.11. The van der Waals surface area contributed by atoms with Crippen molar-refractivity contribution in [2.24, 2.45) is 5.73 Å². The predicted octanol–water partition coefficient (Wildman–Crippen LogP) is 5.34. The van der Waals surface area contributed by atoms with Crippen molar-refractivity contribution in [3.05, 3.63) is 95.1 Å². The number of carbonyl (C=O) groups excluding carboxylic acids is 1. The number of fused-ring (bicyclic) bond motifs is 1. The number of hydrogen-bond donors (Lipinski definition) is 2. The molecule has 146 valence electrons. The highest BCUT2D eigenvalue weighted by molar-refractivity contribution is 5.91. The van der Waals surface area contributed by atoms with Crippen LogP contribution in [0.5, 0.6) is 0 Å². The standard InChI is InChI=1S/C26H26N2O/c27-18-22-8-2-1-6-19(22)14-17-26(29)28-23-15-12-21(13-16-23)25-11-5-9-20-7-3-4-10-24(20)25/h1-2,4-6,8-13,15-16H,3,7,14,17-18,27H2,(H,28,29). The Kier molecular flexibility index (Phi) is 5.87. The fourth-order valence-corrected chi connectivity index (χ4v) is 3.92. The number of benzene rings is 3. The van der Waals surface area contributed by atoms with Gasteiger partial charge in [0, 0.05) is 18.7 Å². The number of amides is 1. The van der Waals surface area contributed by atoms with E-state index in [0.717, 1.165) is 29.7 Å². The highest BCUT2D eigenvalue weighted by atomic mass is 16.1. The Hall–Kier alpha value is -3.17. The summed E-state index contributed by atoms with van der Waals surface area (Å²) < 4.78 is 0. The molecule has 3 nitrogen and oxygen atoms in total. The molecule has 0 fully saturated rings. The Balaban J connectivity index is 1.41. The van der Waals surface area contributed by atoms with E-state index in [1.807, 2.05) is 36.4 Å². The zero-order valence-corrected chi connectivity index (χ0v) is 16.5. The molecular formula is C26H26N2O. The molecule has 0 heterocycles. The van der Waals surface area contributed by atoms with E-state index in [9.17, 15) is 4.79 Å². The number of carbonyl (C=O) groups is 1. The molecule has 0 saturated heterocycles. The van der Waals surface area contributed by atoms with Gasteiger partial charge < -0.3 is 11.1 Å². The largest absolute Gasteiger partial charge is 0.326 e. The van der Waals surface area contributed by atoms with Crippen molar-refractivity contribution < 1.29 is 4.79 Å². The van der Waals surface area contributed by atoms with Crippen molar-refractivity contribution in [2.75, 3.05) is 5.32 Å². The number of rotatable bonds is 6. The third-order valence-corrected chi connectivity index (χ3v) is 5.50. The molecule has 0 atom stereocenters. The van der Waals surface area contributed by atoms with Gasteiger partial charge in [0.1, 0.15) is 0 Å². The van der Waals surface area contributed by atoms with Crippen molar-refractivity contribution in [1.82, 2.24) is 0 Å². The lowest BCUT2D eigenvalue weighted by atomic mass is 9.90. The molecule has 0 aliphatic heterocycles. The molecule has 0 spiro atoms. The third-order valence-electron chi connectivity index (χ3n) is 5.50. The molecule has 0 unspecified atom stereocenters. The first-order valence-corrected chi connectivity index (χ1v) is 10.2. The average Bonchev–Trinajstić information content (AvgIpc) is 2.78.